The SMILES string of the molecule is C=C(CC(C)CN(C)C)N(C)C(C)C. The summed E-state index contributed by atoms with van der Waals surface area (Å²) < 4.78 is 0. The van der Waals surface area contributed by atoms with E-state index >= 15 is 0 Å². The lowest BCUT2D eigenvalue weighted by Gasteiger charge is -2.28. The molecule has 0 rings (SSSR count). The average Bonchev–Trinajstić information content (AvgIpc) is 2.00. The van der Waals surface area contributed by atoms with E-state index in [0.29, 0.717) is 12.0 Å². The van der Waals surface area contributed by atoms with Gasteiger partial charge in [0.1, 0.15) is 0 Å². The van der Waals surface area contributed by atoms with Crippen LogP contribution in [0.2, 0.25) is 0 Å². The van der Waals surface area contributed by atoms with Crippen molar-refractivity contribution in [1.82, 2.24) is 9.80 Å². The molecule has 2 nitrogen and oxygen atoms in total. The first-order valence-electron chi connectivity index (χ1n) is 5.40. The van der Waals surface area contributed by atoms with Gasteiger partial charge in [-0.05, 0) is 40.3 Å². The molecule has 1 unspecified atom stereocenters. The van der Waals surface area contributed by atoms with Crippen molar-refractivity contribution in [1.29, 1.82) is 0 Å². The van der Waals surface area contributed by atoms with Crippen molar-refractivity contribution in [3.8, 4) is 0 Å². The van der Waals surface area contributed by atoms with Gasteiger partial charge in [0.2, 0.25) is 0 Å². The van der Waals surface area contributed by atoms with Crippen LogP contribution in [0.25, 0.3) is 0 Å². The van der Waals surface area contributed by atoms with Crippen molar-refractivity contribution in [2.24, 2.45) is 5.92 Å². The van der Waals surface area contributed by atoms with Gasteiger partial charge in [-0.15, -0.1) is 0 Å². The Morgan fingerprint density at radius 1 is 1.14 bits per heavy atom. The van der Waals surface area contributed by atoms with E-state index in [4.69, 9.17) is 0 Å². The molecule has 0 aliphatic heterocycles. The summed E-state index contributed by atoms with van der Waals surface area (Å²) in [4.78, 5) is 4.49. The zero-order chi connectivity index (χ0) is 11.3. The first-order valence-corrected chi connectivity index (χ1v) is 5.40. The molecule has 0 aromatic rings. The molecule has 0 saturated carbocycles. The monoisotopic (exact) mass is 198 g/mol. The maximum Gasteiger partial charge on any atom is 0.0226 e. The van der Waals surface area contributed by atoms with E-state index in [0.717, 1.165) is 13.0 Å². The molecule has 0 bridgehead atoms. The predicted molar refractivity (Wildman–Crippen MR) is 64.4 cm³/mol. The van der Waals surface area contributed by atoms with Gasteiger partial charge < -0.3 is 9.80 Å². The standard InChI is InChI=1S/C12H26N2/c1-10(2)14(7)12(4)8-11(3)9-13(5)6/h10-11H,4,8-9H2,1-3,5-7H3. The van der Waals surface area contributed by atoms with Gasteiger partial charge in [-0.3, -0.25) is 0 Å². The van der Waals surface area contributed by atoms with E-state index in [1.165, 1.54) is 5.70 Å². The molecule has 0 radical (unpaired) electrons. The van der Waals surface area contributed by atoms with Crippen LogP contribution < -0.4 is 0 Å². The summed E-state index contributed by atoms with van der Waals surface area (Å²) in [5.74, 6) is 0.679. The molecule has 0 spiro atoms. The molecule has 0 amide bonds. The number of nitrogens with zero attached hydrogens (tertiary/aromatic N) is 2. The van der Waals surface area contributed by atoms with E-state index in [1.54, 1.807) is 0 Å². The van der Waals surface area contributed by atoms with E-state index in [9.17, 15) is 0 Å². The molecule has 0 aromatic carbocycles. The summed E-state index contributed by atoms with van der Waals surface area (Å²) in [6, 6.07) is 0.550. The van der Waals surface area contributed by atoms with Gasteiger partial charge >= 0.3 is 0 Å². The third-order valence-electron chi connectivity index (χ3n) is 2.53. The molecule has 0 heterocycles. The number of rotatable bonds is 6. The second-order valence-corrected chi connectivity index (χ2v) is 4.84. The molecule has 14 heavy (non-hydrogen) atoms. The number of hydrogen-bond acceptors (Lipinski definition) is 2. The minimum absolute atomic E-state index is 0.550. The Hall–Kier alpha value is -0.500. The molecule has 84 valence electrons. The van der Waals surface area contributed by atoms with Gasteiger partial charge in [0.15, 0.2) is 0 Å². The lowest BCUT2D eigenvalue weighted by Crippen LogP contribution is -2.28. The molecule has 0 aliphatic rings. The van der Waals surface area contributed by atoms with Crippen molar-refractivity contribution < 1.29 is 0 Å². The van der Waals surface area contributed by atoms with Crippen LogP contribution in [0.15, 0.2) is 12.3 Å². The van der Waals surface area contributed by atoms with Gasteiger partial charge in [-0.1, -0.05) is 13.5 Å². The second kappa shape index (κ2) is 6.07. The van der Waals surface area contributed by atoms with E-state index in [-0.39, 0.29) is 0 Å². The average molecular weight is 198 g/mol. The fraction of sp³-hybridized carbons (Fsp3) is 0.833. The maximum atomic E-state index is 4.13. The third kappa shape index (κ3) is 5.28. The topological polar surface area (TPSA) is 6.48 Å². The predicted octanol–water partition coefficient (Wildman–Crippen LogP) is 2.43. The summed E-state index contributed by atoms with van der Waals surface area (Å²) in [5, 5.41) is 0. The van der Waals surface area contributed by atoms with Crippen molar-refractivity contribution in [2.75, 3.05) is 27.7 Å². The molecule has 0 saturated heterocycles. The fourth-order valence-corrected chi connectivity index (χ4v) is 1.60. The Labute approximate surface area is 89.6 Å². The summed E-state index contributed by atoms with van der Waals surface area (Å²) in [6.07, 6.45) is 1.09. The Morgan fingerprint density at radius 3 is 2.00 bits per heavy atom. The van der Waals surface area contributed by atoms with Gasteiger partial charge in [-0.25, -0.2) is 0 Å². The lowest BCUT2D eigenvalue weighted by molar-refractivity contribution is 0.290. The summed E-state index contributed by atoms with van der Waals surface area (Å²) in [6.45, 7) is 11.9. The van der Waals surface area contributed by atoms with Crippen LogP contribution in [-0.2, 0) is 0 Å². The fourth-order valence-electron chi connectivity index (χ4n) is 1.60. The van der Waals surface area contributed by atoms with Crippen LogP contribution in [0.1, 0.15) is 27.2 Å². The third-order valence-corrected chi connectivity index (χ3v) is 2.53. The molecular weight excluding hydrogens is 172 g/mol. The van der Waals surface area contributed by atoms with Crippen molar-refractivity contribution in [3.63, 3.8) is 0 Å². The van der Waals surface area contributed by atoms with Gasteiger partial charge in [0.25, 0.3) is 0 Å². The molecule has 1 atom stereocenters. The smallest absolute Gasteiger partial charge is 0.0226 e. The van der Waals surface area contributed by atoms with Crippen LogP contribution in [0.5, 0.6) is 0 Å². The second-order valence-electron chi connectivity index (χ2n) is 4.84. The highest BCUT2D eigenvalue weighted by atomic mass is 15.1. The van der Waals surface area contributed by atoms with Gasteiger partial charge in [0, 0.05) is 25.3 Å². The molecule has 0 N–H and O–H groups in total. The Bertz CT molecular complexity index is 173. The van der Waals surface area contributed by atoms with Crippen molar-refractivity contribution in [2.45, 2.75) is 33.2 Å². The van der Waals surface area contributed by atoms with Gasteiger partial charge in [0.05, 0.1) is 0 Å². The Balaban J connectivity index is 3.93. The van der Waals surface area contributed by atoms with E-state index in [2.05, 4.69) is 58.3 Å². The minimum Gasteiger partial charge on any atom is -0.376 e. The molecular formula is C12H26N2. The summed E-state index contributed by atoms with van der Waals surface area (Å²) in [5.41, 5.74) is 1.24. The number of allylic oxidation sites excluding steroid dienone is 1. The Morgan fingerprint density at radius 2 is 1.64 bits per heavy atom. The molecule has 2 heteroatoms. The molecule has 0 aromatic heterocycles. The number of hydrogen-bond donors (Lipinski definition) is 0. The highest BCUT2D eigenvalue weighted by molar-refractivity contribution is 4.95. The van der Waals surface area contributed by atoms with Crippen LogP contribution in [0.4, 0.5) is 0 Å². The van der Waals surface area contributed by atoms with Crippen LogP contribution in [0, 0.1) is 5.92 Å². The highest BCUT2D eigenvalue weighted by Gasteiger charge is 2.10. The first-order chi connectivity index (χ1) is 6.34. The summed E-state index contributed by atoms with van der Waals surface area (Å²) >= 11 is 0. The zero-order valence-electron chi connectivity index (χ0n) is 10.7. The first kappa shape index (κ1) is 13.5. The highest BCUT2D eigenvalue weighted by Crippen LogP contribution is 2.15. The lowest BCUT2D eigenvalue weighted by atomic mass is 10.0. The molecule has 0 fully saturated rings. The maximum absolute atomic E-state index is 4.13. The van der Waals surface area contributed by atoms with E-state index in [1.807, 2.05) is 0 Å². The molecule has 0 aliphatic carbocycles. The Kier molecular flexibility index (Phi) is 5.86. The zero-order valence-corrected chi connectivity index (χ0v) is 10.7. The quantitative estimate of drug-likeness (QED) is 0.647. The van der Waals surface area contributed by atoms with Crippen molar-refractivity contribution in [3.05, 3.63) is 12.3 Å². The van der Waals surface area contributed by atoms with Crippen molar-refractivity contribution >= 4 is 0 Å². The summed E-state index contributed by atoms with van der Waals surface area (Å²) in [7, 11) is 6.35. The van der Waals surface area contributed by atoms with Crippen LogP contribution in [0.3, 0.4) is 0 Å². The van der Waals surface area contributed by atoms with Gasteiger partial charge in [-0.2, -0.15) is 0 Å². The minimum atomic E-state index is 0.550. The van der Waals surface area contributed by atoms with E-state index < -0.39 is 0 Å². The van der Waals surface area contributed by atoms with Crippen LogP contribution in [-0.4, -0.2) is 43.5 Å². The van der Waals surface area contributed by atoms with Crippen LogP contribution >= 0.6 is 0 Å². The largest absolute Gasteiger partial charge is 0.376 e. The normalized spacial score (nSPS) is 13.4.